The van der Waals surface area contributed by atoms with E-state index >= 15 is 0 Å². The van der Waals surface area contributed by atoms with Crippen LogP contribution in [0, 0.1) is 0 Å². The van der Waals surface area contributed by atoms with Crippen molar-refractivity contribution in [3.63, 3.8) is 0 Å². The maximum atomic E-state index is 10.1. The van der Waals surface area contributed by atoms with Gasteiger partial charge in [-0.05, 0) is 54.1 Å². The molecule has 1 atom stereocenters. The number of aliphatic carboxylic acids is 1. The normalized spacial score (nSPS) is 11.5. The van der Waals surface area contributed by atoms with E-state index < -0.39 is 5.97 Å². The fourth-order valence-corrected chi connectivity index (χ4v) is 4.08. The number of nitrogens with one attached hydrogen (secondary N) is 1. The third kappa shape index (κ3) is 11.6. The topological polar surface area (TPSA) is 58.6 Å². The van der Waals surface area contributed by atoms with Crippen LogP contribution in [0.15, 0.2) is 66.7 Å². The summed E-state index contributed by atoms with van der Waals surface area (Å²) < 4.78 is 5.93. The smallest absolute Gasteiger partial charge is 0.303 e. The van der Waals surface area contributed by atoms with Crippen molar-refractivity contribution in [1.82, 2.24) is 5.32 Å². The van der Waals surface area contributed by atoms with Gasteiger partial charge in [-0.15, -0.1) is 0 Å². The number of carboxylic acids is 1. The van der Waals surface area contributed by atoms with Crippen molar-refractivity contribution in [3.05, 3.63) is 77.3 Å². The Morgan fingerprint density at radius 2 is 1.57 bits per heavy atom. The molecule has 0 saturated heterocycles. The molecule has 3 aromatic carbocycles. The Bertz CT molecular complexity index is 990. The first-order valence-electron chi connectivity index (χ1n) is 12.8. The first kappa shape index (κ1) is 28.7. The van der Waals surface area contributed by atoms with E-state index in [4.69, 9.17) is 21.4 Å². The van der Waals surface area contributed by atoms with Crippen molar-refractivity contribution >= 4 is 28.3 Å². The van der Waals surface area contributed by atoms with Crippen molar-refractivity contribution in [2.24, 2.45) is 0 Å². The lowest BCUT2D eigenvalue weighted by molar-refractivity contribution is -0.137. The lowest BCUT2D eigenvalue weighted by Gasteiger charge is -2.17. The number of carboxylic acid groups (broad SMARTS) is 1. The van der Waals surface area contributed by atoms with Crippen molar-refractivity contribution in [2.75, 3.05) is 13.7 Å². The zero-order valence-electron chi connectivity index (χ0n) is 21.1. The van der Waals surface area contributed by atoms with Crippen LogP contribution in [-0.2, 0) is 4.79 Å². The van der Waals surface area contributed by atoms with Crippen LogP contribution >= 0.6 is 11.6 Å². The van der Waals surface area contributed by atoms with Gasteiger partial charge in [-0.25, -0.2) is 0 Å². The van der Waals surface area contributed by atoms with Gasteiger partial charge in [0.1, 0.15) is 5.75 Å². The van der Waals surface area contributed by atoms with Gasteiger partial charge in [0.2, 0.25) is 0 Å². The fraction of sp³-hybridized carbons (Fsp3) is 0.433. The maximum absolute atomic E-state index is 10.1. The number of hydrogen-bond donors (Lipinski definition) is 2. The molecule has 3 rings (SSSR count). The highest BCUT2D eigenvalue weighted by molar-refractivity contribution is 6.30. The summed E-state index contributed by atoms with van der Waals surface area (Å²) >= 11 is 5.95. The zero-order chi connectivity index (χ0) is 25.3. The fourth-order valence-electron chi connectivity index (χ4n) is 3.96. The predicted molar refractivity (Wildman–Crippen MR) is 148 cm³/mol. The van der Waals surface area contributed by atoms with Crippen LogP contribution in [0.4, 0.5) is 0 Å². The molecule has 0 aliphatic carbocycles. The second kappa shape index (κ2) is 17.0. The SMILES string of the molecule is CCCCCCCCCC(=O)O.CNC(CCOc1ccc2ccccc2c1)c1ccc(Cl)cc1. The third-order valence-electron chi connectivity index (χ3n) is 6.01. The van der Waals surface area contributed by atoms with Gasteiger partial charge in [0.05, 0.1) is 6.61 Å². The second-order valence-corrected chi connectivity index (χ2v) is 9.24. The molecule has 0 aliphatic rings. The summed E-state index contributed by atoms with van der Waals surface area (Å²) in [5.41, 5.74) is 1.22. The van der Waals surface area contributed by atoms with Crippen LogP contribution in [0.25, 0.3) is 10.8 Å². The summed E-state index contributed by atoms with van der Waals surface area (Å²) in [5, 5.41) is 14.9. The van der Waals surface area contributed by atoms with Crippen LogP contribution in [0.5, 0.6) is 5.75 Å². The molecule has 2 N–H and O–H groups in total. The predicted octanol–water partition coefficient (Wildman–Crippen LogP) is 8.43. The van der Waals surface area contributed by atoms with Gasteiger partial charge in [-0.3, -0.25) is 4.79 Å². The van der Waals surface area contributed by atoms with Crippen molar-refractivity contribution in [1.29, 1.82) is 0 Å². The molecule has 0 saturated carbocycles. The first-order valence-corrected chi connectivity index (χ1v) is 13.2. The highest BCUT2D eigenvalue weighted by Gasteiger charge is 2.09. The molecule has 5 heteroatoms. The molecule has 0 amide bonds. The van der Waals surface area contributed by atoms with E-state index in [1.54, 1.807) is 0 Å². The van der Waals surface area contributed by atoms with Crippen LogP contribution in [0.2, 0.25) is 5.02 Å². The van der Waals surface area contributed by atoms with Crippen molar-refractivity contribution in [2.45, 2.75) is 70.8 Å². The van der Waals surface area contributed by atoms with Gasteiger partial charge in [-0.2, -0.15) is 0 Å². The van der Waals surface area contributed by atoms with Crippen molar-refractivity contribution in [3.8, 4) is 5.75 Å². The Kier molecular flexibility index (Phi) is 13.9. The monoisotopic (exact) mass is 497 g/mol. The largest absolute Gasteiger partial charge is 0.494 e. The number of unbranched alkanes of at least 4 members (excludes halogenated alkanes) is 6. The Morgan fingerprint density at radius 1 is 0.914 bits per heavy atom. The minimum Gasteiger partial charge on any atom is -0.494 e. The van der Waals surface area contributed by atoms with Gasteiger partial charge >= 0.3 is 5.97 Å². The number of carbonyl (C=O) groups is 1. The summed E-state index contributed by atoms with van der Waals surface area (Å²) in [6.07, 6.45) is 9.54. The lowest BCUT2D eigenvalue weighted by atomic mass is 10.0. The molecule has 190 valence electrons. The minimum atomic E-state index is -0.663. The number of ether oxygens (including phenoxy) is 1. The van der Waals surface area contributed by atoms with Gasteiger partial charge in [0.15, 0.2) is 0 Å². The molecule has 0 spiro atoms. The second-order valence-electron chi connectivity index (χ2n) is 8.80. The molecule has 0 heterocycles. The Morgan fingerprint density at radius 3 is 2.23 bits per heavy atom. The number of fused-ring (bicyclic) bond motifs is 1. The summed E-state index contributed by atoms with van der Waals surface area (Å²) in [6.45, 7) is 2.86. The summed E-state index contributed by atoms with van der Waals surface area (Å²) in [6, 6.07) is 22.7. The molecular formula is C30H40ClNO3. The van der Waals surface area contributed by atoms with Crippen molar-refractivity contribution < 1.29 is 14.6 Å². The molecule has 4 nitrogen and oxygen atoms in total. The Labute approximate surface area is 215 Å². The molecule has 0 radical (unpaired) electrons. The Hall–Kier alpha value is -2.56. The standard InChI is InChI=1S/C20H20ClNO.C10H20O2/c1-22-20(16-6-9-18(21)10-7-16)12-13-23-19-11-8-15-4-2-3-5-17(15)14-19;1-2-3-4-5-6-7-8-9-10(11)12/h2-11,14,20,22H,12-13H2,1H3;2-9H2,1H3,(H,11,12). The molecule has 0 bridgehead atoms. The lowest BCUT2D eigenvalue weighted by Crippen LogP contribution is -2.19. The molecule has 0 aromatic heterocycles. The van der Waals surface area contributed by atoms with Gasteiger partial charge in [0, 0.05) is 23.9 Å². The quantitative estimate of drug-likeness (QED) is 0.219. The molecular weight excluding hydrogens is 458 g/mol. The van der Waals surface area contributed by atoms with Crippen LogP contribution < -0.4 is 10.1 Å². The van der Waals surface area contributed by atoms with Gasteiger partial charge in [0.25, 0.3) is 0 Å². The molecule has 0 aliphatic heterocycles. The summed E-state index contributed by atoms with van der Waals surface area (Å²) in [4.78, 5) is 10.1. The van der Waals surface area contributed by atoms with E-state index in [0.717, 1.165) is 30.0 Å². The highest BCUT2D eigenvalue weighted by Crippen LogP contribution is 2.23. The summed E-state index contributed by atoms with van der Waals surface area (Å²) in [7, 11) is 1.97. The average molecular weight is 498 g/mol. The van der Waals surface area contributed by atoms with E-state index in [2.05, 4.69) is 48.6 Å². The third-order valence-corrected chi connectivity index (χ3v) is 6.26. The zero-order valence-corrected chi connectivity index (χ0v) is 21.9. The molecule has 1 unspecified atom stereocenters. The highest BCUT2D eigenvalue weighted by atomic mass is 35.5. The number of hydrogen-bond acceptors (Lipinski definition) is 3. The van der Waals surface area contributed by atoms with E-state index in [0.29, 0.717) is 13.0 Å². The van der Waals surface area contributed by atoms with Gasteiger partial charge in [-0.1, -0.05) is 99.5 Å². The minimum absolute atomic E-state index is 0.257. The molecule has 3 aromatic rings. The van der Waals surface area contributed by atoms with Crippen LogP contribution in [0.3, 0.4) is 0 Å². The van der Waals surface area contributed by atoms with E-state index in [9.17, 15) is 4.79 Å². The van der Waals surface area contributed by atoms with Crippen LogP contribution in [-0.4, -0.2) is 24.7 Å². The van der Waals surface area contributed by atoms with Gasteiger partial charge < -0.3 is 15.2 Å². The van der Waals surface area contributed by atoms with E-state index in [1.807, 2.05) is 37.4 Å². The molecule has 35 heavy (non-hydrogen) atoms. The average Bonchev–Trinajstić information content (AvgIpc) is 2.87. The summed E-state index contributed by atoms with van der Waals surface area (Å²) in [5.74, 6) is 0.248. The van der Waals surface area contributed by atoms with E-state index in [1.165, 1.54) is 48.4 Å². The number of benzene rings is 3. The first-order chi connectivity index (χ1) is 17.0. The van der Waals surface area contributed by atoms with E-state index in [-0.39, 0.29) is 6.04 Å². The maximum Gasteiger partial charge on any atom is 0.303 e. The number of rotatable bonds is 14. The Balaban J connectivity index is 0.000000307. The van der Waals surface area contributed by atoms with Crippen LogP contribution in [0.1, 0.15) is 76.3 Å². The molecule has 0 fully saturated rings. The number of halogens is 1.